The highest BCUT2D eigenvalue weighted by molar-refractivity contribution is 6.28. The molecule has 98 valence electrons. The monoisotopic (exact) mass is 279 g/mol. The van der Waals surface area contributed by atoms with Crippen LogP contribution in [0.5, 0.6) is 0 Å². The summed E-state index contributed by atoms with van der Waals surface area (Å²) in [4.78, 5) is 20.4. The van der Waals surface area contributed by atoms with Crippen molar-refractivity contribution in [2.45, 2.75) is 19.5 Å². The number of aromatic nitrogens is 2. The Kier molecular flexibility index (Phi) is 3.18. The van der Waals surface area contributed by atoms with Crippen LogP contribution in [0.2, 0.25) is 5.28 Å². The molecule has 0 fully saturated rings. The molecule has 1 aliphatic rings. The van der Waals surface area contributed by atoms with Crippen molar-refractivity contribution in [1.82, 2.24) is 14.9 Å². The number of carbonyl (C=O) groups excluding carboxylic acids is 1. The van der Waals surface area contributed by atoms with E-state index < -0.39 is 18.6 Å². The van der Waals surface area contributed by atoms with Gasteiger partial charge in [0.2, 0.25) is 5.28 Å². The fourth-order valence-corrected chi connectivity index (χ4v) is 2.15. The zero-order valence-corrected chi connectivity index (χ0v) is 10.1. The van der Waals surface area contributed by atoms with Crippen LogP contribution in [0.1, 0.15) is 21.7 Å². The van der Waals surface area contributed by atoms with Gasteiger partial charge in [-0.3, -0.25) is 4.79 Å². The highest BCUT2D eigenvalue weighted by Gasteiger charge is 2.36. The van der Waals surface area contributed by atoms with Gasteiger partial charge in [-0.1, -0.05) is 0 Å². The summed E-state index contributed by atoms with van der Waals surface area (Å²) in [5.41, 5.74) is 0.854. The molecule has 1 amide bonds. The molecule has 0 aromatic carbocycles. The first kappa shape index (κ1) is 13.1. The Labute approximate surface area is 106 Å². The maximum absolute atomic E-state index is 12.3. The molecule has 0 radical (unpaired) electrons. The van der Waals surface area contributed by atoms with Crippen LogP contribution in [0.4, 0.5) is 13.2 Å². The van der Waals surface area contributed by atoms with Gasteiger partial charge in [-0.05, 0) is 18.5 Å². The normalized spacial score (nSPS) is 15.8. The van der Waals surface area contributed by atoms with Crippen molar-refractivity contribution >= 4 is 17.5 Å². The maximum atomic E-state index is 12.3. The van der Waals surface area contributed by atoms with Crippen LogP contribution in [-0.4, -0.2) is 40.0 Å². The average Bonchev–Trinajstić information content (AvgIpc) is 2.19. The van der Waals surface area contributed by atoms with Crippen molar-refractivity contribution < 1.29 is 18.0 Å². The van der Waals surface area contributed by atoms with Gasteiger partial charge in [0, 0.05) is 13.0 Å². The molecule has 0 N–H and O–H groups in total. The van der Waals surface area contributed by atoms with Gasteiger partial charge in [0.25, 0.3) is 5.91 Å². The van der Waals surface area contributed by atoms with Gasteiger partial charge in [-0.25, -0.2) is 9.97 Å². The lowest BCUT2D eigenvalue weighted by atomic mass is 10.0. The zero-order valence-electron chi connectivity index (χ0n) is 9.38. The number of aryl methyl sites for hydroxylation is 1. The van der Waals surface area contributed by atoms with Gasteiger partial charge in [-0.15, -0.1) is 0 Å². The van der Waals surface area contributed by atoms with Gasteiger partial charge in [0.05, 0.1) is 17.0 Å². The Hall–Kier alpha value is -1.37. The average molecular weight is 280 g/mol. The molecule has 2 heterocycles. The summed E-state index contributed by atoms with van der Waals surface area (Å²) in [6, 6.07) is 0. The second kappa shape index (κ2) is 4.38. The predicted octanol–water partition coefficient (Wildman–Crippen LogP) is 2.00. The molecule has 0 atom stereocenters. The van der Waals surface area contributed by atoms with Crippen molar-refractivity contribution in [2.75, 3.05) is 13.1 Å². The van der Waals surface area contributed by atoms with E-state index in [0.717, 1.165) is 4.90 Å². The molecule has 0 saturated heterocycles. The quantitative estimate of drug-likeness (QED) is 0.739. The van der Waals surface area contributed by atoms with E-state index in [4.69, 9.17) is 11.6 Å². The fourth-order valence-electron chi connectivity index (χ4n) is 1.92. The number of rotatable bonds is 1. The van der Waals surface area contributed by atoms with E-state index in [1.807, 2.05) is 0 Å². The summed E-state index contributed by atoms with van der Waals surface area (Å²) in [5.74, 6) is -0.692. The number of halogens is 4. The second-order valence-corrected chi connectivity index (χ2v) is 4.33. The van der Waals surface area contributed by atoms with Crippen LogP contribution in [0.25, 0.3) is 0 Å². The van der Waals surface area contributed by atoms with Gasteiger partial charge in [-0.2, -0.15) is 13.2 Å². The first-order valence-corrected chi connectivity index (χ1v) is 5.55. The first-order chi connectivity index (χ1) is 8.28. The molecule has 1 aliphatic heterocycles. The van der Waals surface area contributed by atoms with E-state index in [1.165, 1.54) is 6.92 Å². The molecule has 4 nitrogen and oxygen atoms in total. The molecule has 8 heteroatoms. The first-order valence-electron chi connectivity index (χ1n) is 5.17. The molecule has 18 heavy (non-hydrogen) atoms. The van der Waals surface area contributed by atoms with E-state index in [9.17, 15) is 18.0 Å². The van der Waals surface area contributed by atoms with Gasteiger partial charge < -0.3 is 4.90 Å². The molecule has 0 unspecified atom stereocenters. The summed E-state index contributed by atoms with van der Waals surface area (Å²) in [6.45, 7) is 0.257. The van der Waals surface area contributed by atoms with Crippen LogP contribution in [0.15, 0.2) is 0 Å². The van der Waals surface area contributed by atoms with E-state index in [-0.39, 0.29) is 23.8 Å². The molecular formula is C10H9ClF3N3O. The minimum Gasteiger partial charge on any atom is -0.329 e. The third kappa shape index (κ3) is 2.55. The van der Waals surface area contributed by atoms with Gasteiger partial charge in [0.1, 0.15) is 6.54 Å². The van der Waals surface area contributed by atoms with Crippen molar-refractivity contribution in [3.8, 4) is 0 Å². The molecule has 1 aromatic rings. The molecule has 0 aliphatic carbocycles. The molecule has 2 rings (SSSR count). The van der Waals surface area contributed by atoms with Crippen molar-refractivity contribution in [3.63, 3.8) is 0 Å². The lowest BCUT2D eigenvalue weighted by molar-refractivity contribution is -0.141. The van der Waals surface area contributed by atoms with Crippen molar-refractivity contribution in [2.24, 2.45) is 0 Å². The molecule has 1 aromatic heterocycles. The van der Waals surface area contributed by atoms with Crippen LogP contribution >= 0.6 is 11.6 Å². The summed E-state index contributed by atoms with van der Waals surface area (Å²) < 4.78 is 36.9. The number of alkyl halides is 3. The van der Waals surface area contributed by atoms with E-state index in [0.29, 0.717) is 11.4 Å². The van der Waals surface area contributed by atoms with Crippen LogP contribution in [-0.2, 0) is 6.42 Å². The number of amides is 1. The summed E-state index contributed by atoms with van der Waals surface area (Å²) >= 11 is 5.65. The Morgan fingerprint density at radius 1 is 1.39 bits per heavy atom. The summed E-state index contributed by atoms with van der Waals surface area (Å²) in [5, 5.41) is 0.00308. The minimum absolute atomic E-state index is 0.00308. The highest BCUT2D eigenvalue weighted by Crippen LogP contribution is 2.24. The van der Waals surface area contributed by atoms with E-state index in [2.05, 4.69) is 9.97 Å². The van der Waals surface area contributed by atoms with Crippen LogP contribution in [0, 0.1) is 6.92 Å². The smallest absolute Gasteiger partial charge is 0.329 e. The van der Waals surface area contributed by atoms with Crippen molar-refractivity contribution in [3.05, 3.63) is 22.2 Å². The topological polar surface area (TPSA) is 46.1 Å². The number of hydrogen-bond donors (Lipinski definition) is 0. The standard InChI is InChI=1S/C10H9ClF3N3O/c1-5-7-6(16-9(11)15-5)2-3-17(8(7)18)4-10(12,13)14/h2-4H2,1H3. The van der Waals surface area contributed by atoms with Gasteiger partial charge >= 0.3 is 6.18 Å². The summed E-state index contributed by atoms with van der Waals surface area (Å²) in [6.07, 6.45) is -4.16. The molecule has 0 spiro atoms. The highest BCUT2D eigenvalue weighted by atomic mass is 35.5. The summed E-state index contributed by atoms with van der Waals surface area (Å²) in [7, 11) is 0. The lowest BCUT2D eigenvalue weighted by Gasteiger charge is -2.29. The van der Waals surface area contributed by atoms with Crippen LogP contribution < -0.4 is 0 Å². The number of nitrogens with zero attached hydrogens (tertiary/aromatic N) is 3. The van der Waals surface area contributed by atoms with E-state index >= 15 is 0 Å². The molecule has 0 bridgehead atoms. The van der Waals surface area contributed by atoms with Crippen molar-refractivity contribution in [1.29, 1.82) is 0 Å². The third-order valence-corrected chi connectivity index (χ3v) is 2.80. The van der Waals surface area contributed by atoms with Crippen LogP contribution in [0.3, 0.4) is 0 Å². The third-order valence-electron chi connectivity index (χ3n) is 2.63. The largest absolute Gasteiger partial charge is 0.406 e. The minimum atomic E-state index is -4.41. The fraction of sp³-hybridized carbons (Fsp3) is 0.500. The Morgan fingerprint density at radius 3 is 2.67 bits per heavy atom. The second-order valence-electron chi connectivity index (χ2n) is 3.99. The zero-order chi connectivity index (χ0) is 13.5. The SMILES string of the molecule is Cc1nc(Cl)nc2c1C(=O)N(CC(F)(F)F)CC2. The Bertz CT molecular complexity index is 504. The van der Waals surface area contributed by atoms with E-state index in [1.54, 1.807) is 0 Å². The lowest BCUT2D eigenvalue weighted by Crippen LogP contribution is -2.44. The van der Waals surface area contributed by atoms with Gasteiger partial charge in [0.15, 0.2) is 0 Å². The Balaban J connectivity index is 2.34. The predicted molar refractivity (Wildman–Crippen MR) is 57.4 cm³/mol. The number of hydrogen-bond acceptors (Lipinski definition) is 3. The molecular weight excluding hydrogens is 271 g/mol. The number of fused-ring (bicyclic) bond motifs is 1. The number of carbonyl (C=O) groups is 1. The molecule has 0 saturated carbocycles. The Morgan fingerprint density at radius 2 is 2.06 bits per heavy atom. The maximum Gasteiger partial charge on any atom is 0.406 e.